The first kappa shape index (κ1) is 27.3. The number of terminal acetylenes is 1. The molecule has 200 valence electrons. The minimum Gasteiger partial charge on any atom is -0.489 e. The quantitative estimate of drug-likeness (QED) is 0.205. The molecule has 9 heteroatoms. The highest BCUT2D eigenvalue weighted by molar-refractivity contribution is 9.10. The van der Waals surface area contributed by atoms with Crippen LogP contribution in [-0.4, -0.2) is 23.4 Å². The lowest BCUT2D eigenvalue weighted by molar-refractivity contribution is 0.0488. The highest BCUT2D eigenvalue weighted by Crippen LogP contribution is 2.38. The van der Waals surface area contributed by atoms with E-state index in [9.17, 15) is 9.59 Å². The number of rotatable bonds is 8. The third kappa shape index (κ3) is 6.14. The number of anilines is 1. The summed E-state index contributed by atoms with van der Waals surface area (Å²) in [5.41, 5.74) is 5.81. The summed E-state index contributed by atoms with van der Waals surface area (Å²) in [6, 6.07) is 27.3. The molecule has 7 nitrogen and oxygen atoms in total. The molecule has 0 aromatic heterocycles. The third-order valence-corrected chi connectivity index (χ3v) is 7.13. The number of hydrazine groups is 1. The molecule has 4 aromatic carbocycles. The number of carbonyl (C=O) groups excluding carboxylic acids is 2. The molecule has 40 heavy (non-hydrogen) atoms. The molecule has 1 aliphatic heterocycles. The lowest BCUT2D eigenvalue weighted by atomic mass is 10.0. The molecule has 0 radical (unpaired) electrons. The number of hydrogen-bond donors (Lipinski definition) is 2. The van der Waals surface area contributed by atoms with Crippen LogP contribution in [0.25, 0.3) is 0 Å². The van der Waals surface area contributed by atoms with Gasteiger partial charge in [-0.25, -0.2) is 5.01 Å². The van der Waals surface area contributed by atoms with Crippen molar-refractivity contribution in [2.45, 2.75) is 12.8 Å². The van der Waals surface area contributed by atoms with Gasteiger partial charge in [-0.2, -0.15) is 0 Å². The average molecular weight is 661 g/mol. The molecule has 4 aromatic rings. The normalized spacial score (nSPS) is 14.0. The number of nitrogens with zero attached hydrogens (tertiary/aromatic N) is 1. The molecule has 0 bridgehead atoms. The molecule has 0 saturated carbocycles. The van der Waals surface area contributed by atoms with Gasteiger partial charge < -0.3 is 14.8 Å². The SMILES string of the molecule is C#CCOc1ccc(Br)cc1C1Nc2ccc(Br)cc2C(=O)N1NC(=O)c1ccc(OCc2ccccc2)cc1. The summed E-state index contributed by atoms with van der Waals surface area (Å²) in [7, 11) is 0. The van der Waals surface area contributed by atoms with E-state index in [1.165, 1.54) is 5.01 Å². The van der Waals surface area contributed by atoms with E-state index in [1.807, 2.05) is 48.5 Å². The van der Waals surface area contributed by atoms with Crippen LogP contribution in [0.5, 0.6) is 11.5 Å². The fourth-order valence-electron chi connectivity index (χ4n) is 4.21. The Balaban J connectivity index is 1.41. The second kappa shape index (κ2) is 12.3. The van der Waals surface area contributed by atoms with Gasteiger partial charge in [0.15, 0.2) is 6.17 Å². The summed E-state index contributed by atoms with van der Waals surface area (Å²) >= 11 is 6.92. The maximum Gasteiger partial charge on any atom is 0.276 e. The maximum absolute atomic E-state index is 13.7. The topological polar surface area (TPSA) is 79.9 Å². The molecule has 0 spiro atoms. The molecule has 1 aliphatic rings. The number of amides is 2. The van der Waals surface area contributed by atoms with Crippen LogP contribution in [0.15, 0.2) is 99.9 Å². The average Bonchev–Trinajstić information content (AvgIpc) is 2.98. The van der Waals surface area contributed by atoms with Gasteiger partial charge >= 0.3 is 0 Å². The zero-order valence-corrected chi connectivity index (χ0v) is 24.2. The minimum atomic E-state index is -0.788. The van der Waals surface area contributed by atoms with Gasteiger partial charge in [0.05, 0.1) is 5.56 Å². The minimum absolute atomic E-state index is 0.0455. The van der Waals surface area contributed by atoms with Crippen LogP contribution >= 0.6 is 31.9 Å². The standard InChI is InChI=1S/C31H23Br2N3O4/c1-2-16-39-28-15-11-23(33)18-26(28)29-34-27-14-10-22(32)17-25(27)31(38)36(29)35-30(37)21-8-12-24(13-9-21)40-19-20-6-4-3-5-7-20/h1,3-15,17-18,29,34H,16,19H2,(H,35,37). The smallest absolute Gasteiger partial charge is 0.276 e. The molecule has 0 aliphatic carbocycles. The molecule has 1 atom stereocenters. The molecule has 1 heterocycles. The van der Waals surface area contributed by atoms with E-state index < -0.39 is 12.1 Å². The first-order chi connectivity index (χ1) is 19.4. The van der Waals surface area contributed by atoms with Crippen molar-refractivity contribution in [2.24, 2.45) is 0 Å². The zero-order valence-electron chi connectivity index (χ0n) is 21.1. The van der Waals surface area contributed by atoms with Crippen LogP contribution in [0, 0.1) is 12.3 Å². The van der Waals surface area contributed by atoms with Gasteiger partial charge in [-0.3, -0.25) is 15.0 Å². The van der Waals surface area contributed by atoms with Crippen LogP contribution in [0.4, 0.5) is 5.69 Å². The van der Waals surface area contributed by atoms with Crippen molar-refractivity contribution in [1.82, 2.24) is 10.4 Å². The van der Waals surface area contributed by atoms with Crippen molar-refractivity contribution < 1.29 is 19.1 Å². The third-order valence-electron chi connectivity index (χ3n) is 6.15. The molecule has 5 rings (SSSR count). The molecule has 2 amide bonds. The molecule has 2 N–H and O–H groups in total. The van der Waals surface area contributed by atoms with E-state index >= 15 is 0 Å². The predicted molar refractivity (Wildman–Crippen MR) is 160 cm³/mol. The fraction of sp³-hybridized carbons (Fsp3) is 0.0968. The second-order valence-electron chi connectivity index (χ2n) is 8.83. The van der Waals surface area contributed by atoms with Gasteiger partial charge in [-0.1, -0.05) is 68.1 Å². The largest absolute Gasteiger partial charge is 0.489 e. The Morgan fingerprint density at radius 3 is 2.42 bits per heavy atom. The number of carbonyl (C=O) groups is 2. The summed E-state index contributed by atoms with van der Waals surface area (Å²) in [4.78, 5) is 27.1. The Kier molecular flexibility index (Phi) is 8.39. The van der Waals surface area contributed by atoms with Crippen molar-refractivity contribution in [2.75, 3.05) is 11.9 Å². The summed E-state index contributed by atoms with van der Waals surface area (Å²) in [5, 5.41) is 4.63. The van der Waals surface area contributed by atoms with Gasteiger partial charge in [0.25, 0.3) is 11.8 Å². The van der Waals surface area contributed by atoms with Crippen molar-refractivity contribution in [3.05, 3.63) is 122 Å². The van der Waals surface area contributed by atoms with E-state index in [-0.39, 0.29) is 12.5 Å². The fourth-order valence-corrected chi connectivity index (χ4v) is 4.95. The number of nitrogens with one attached hydrogen (secondary N) is 2. The predicted octanol–water partition coefficient (Wildman–Crippen LogP) is 6.71. The summed E-state index contributed by atoms with van der Waals surface area (Å²) in [6.45, 7) is 0.456. The van der Waals surface area contributed by atoms with Crippen LogP contribution in [-0.2, 0) is 6.61 Å². The Bertz CT molecular complexity index is 1590. The second-order valence-corrected chi connectivity index (χ2v) is 10.7. The Morgan fingerprint density at radius 2 is 1.68 bits per heavy atom. The number of halogens is 2. The van der Waals surface area contributed by atoms with E-state index in [0.29, 0.717) is 40.5 Å². The number of ether oxygens (including phenoxy) is 2. The monoisotopic (exact) mass is 659 g/mol. The van der Waals surface area contributed by atoms with Crippen LogP contribution in [0.1, 0.15) is 38.0 Å². The van der Waals surface area contributed by atoms with E-state index in [2.05, 4.69) is 48.5 Å². The zero-order chi connectivity index (χ0) is 28.1. The van der Waals surface area contributed by atoms with Gasteiger partial charge in [0.2, 0.25) is 0 Å². The van der Waals surface area contributed by atoms with E-state index in [0.717, 1.165) is 14.5 Å². The lowest BCUT2D eigenvalue weighted by Crippen LogP contribution is -2.53. The molecule has 1 unspecified atom stereocenters. The van der Waals surface area contributed by atoms with Crippen molar-refractivity contribution in [1.29, 1.82) is 0 Å². The van der Waals surface area contributed by atoms with Crippen molar-refractivity contribution >= 4 is 49.4 Å². The first-order valence-corrected chi connectivity index (χ1v) is 13.8. The van der Waals surface area contributed by atoms with Crippen molar-refractivity contribution in [3.63, 3.8) is 0 Å². The molecule has 0 fully saturated rings. The highest BCUT2D eigenvalue weighted by atomic mass is 79.9. The molecular weight excluding hydrogens is 638 g/mol. The lowest BCUT2D eigenvalue weighted by Gasteiger charge is -2.38. The molecule has 0 saturated heterocycles. The molecular formula is C31H23Br2N3O4. The van der Waals surface area contributed by atoms with E-state index in [4.69, 9.17) is 15.9 Å². The Morgan fingerprint density at radius 1 is 0.950 bits per heavy atom. The summed E-state index contributed by atoms with van der Waals surface area (Å²) in [5.74, 6) is 2.71. The van der Waals surface area contributed by atoms with Crippen molar-refractivity contribution in [3.8, 4) is 23.8 Å². The Labute approximate surface area is 248 Å². The Hall–Kier alpha value is -4.26. The van der Waals surface area contributed by atoms with Gasteiger partial charge in [0, 0.05) is 25.8 Å². The summed E-state index contributed by atoms with van der Waals surface area (Å²) < 4.78 is 13.1. The van der Waals surface area contributed by atoms with E-state index in [1.54, 1.807) is 42.5 Å². The number of fused-ring (bicyclic) bond motifs is 1. The highest BCUT2D eigenvalue weighted by Gasteiger charge is 2.36. The maximum atomic E-state index is 13.7. The van der Waals surface area contributed by atoms with Crippen LogP contribution in [0.2, 0.25) is 0 Å². The first-order valence-electron chi connectivity index (χ1n) is 12.3. The number of benzene rings is 4. The van der Waals surface area contributed by atoms with Gasteiger partial charge in [-0.05, 0) is 66.2 Å². The van der Waals surface area contributed by atoms with Crippen LogP contribution in [0.3, 0.4) is 0 Å². The van der Waals surface area contributed by atoms with Gasteiger partial charge in [-0.15, -0.1) is 6.42 Å². The summed E-state index contributed by atoms with van der Waals surface area (Å²) in [6.07, 6.45) is 4.63. The van der Waals surface area contributed by atoms with Crippen LogP contribution < -0.4 is 20.2 Å². The van der Waals surface area contributed by atoms with Gasteiger partial charge in [0.1, 0.15) is 24.7 Å². The number of hydrogen-bond acceptors (Lipinski definition) is 5.